The van der Waals surface area contributed by atoms with Gasteiger partial charge in [0, 0.05) is 19.1 Å². The van der Waals surface area contributed by atoms with Crippen LogP contribution in [0.4, 0.5) is 5.82 Å². The highest BCUT2D eigenvalue weighted by Gasteiger charge is 2.34. The lowest BCUT2D eigenvalue weighted by Crippen LogP contribution is -2.41. The van der Waals surface area contributed by atoms with E-state index in [1.807, 2.05) is 6.92 Å². The van der Waals surface area contributed by atoms with E-state index in [2.05, 4.69) is 29.1 Å². The average molecular weight is 354 g/mol. The number of amides is 1. The van der Waals surface area contributed by atoms with Crippen molar-refractivity contribution in [1.82, 2.24) is 14.9 Å². The molecule has 1 aliphatic rings. The van der Waals surface area contributed by atoms with Gasteiger partial charge >= 0.3 is 0 Å². The number of carbonyl (C=O) groups is 1. The number of anilines is 1. The summed E-state index contributed by atoms with van der Waals surface area (Å²) in [5.41, 5.74) is 0.246. The predicted octanol–water partition coefficient (Wildman–Crippen LogP) is 1.58. The molecular formula is C16H26N4O3S. The summed E-state index contributed by atoms with van der Waals surface area (Å²) in [6.45, 7) is 7.41. The largest absolute Gasteiger partial charge is 0.369 e. The quantitative estimate of drug-likeness (QED) is 0.799. The van der Waals surface area contributed by atoms with Gasteiger partial charge in [0.2, 0.25) is 0 Å². The van der Waals surface area contributed by atoms with Crippen LogP contribution in [0.25, 0.3) is 0 Å². The molecule has 24 heavy (non-hydrogen) atoms. The third kappa shape index (κ3) is 4.90. The maximum atomic E-state index is 12.6. The number of hydrogen-bond acceptors (Lipinski definition) is 6. The number of nitrogens with one attached hydrogen (secondary N) is 1. The van der Waals surface area contributed by atoms with Crippen LogP contribution in [-0.4, -0.2) is 59.8 Å². The van der Waals surface area contributed by atoms with Gasteiger partial charge in [-0.3, -0.25) is 4.79 Å². The number of nitrogens with zero attached hydrogens (tertiary/aromatic N) is 3. The van der Waals surface area contributed by atoms with Crippen molar-refractivity contribution in [2.45, 2.75) is 39.7 Å². The van der Waals surface area contributed by atoms with Gasteiger partial charge in [-0.2, -0.15) is 0 Å². The zero-order valence-corrected chi connectivity index (χ0v) is 15.3. The molecule has 0 saturated carbocycles. The van der Waals surface area contributed by atoms with Gasteiger partial charge in [-0.05, 0) is 25.7 Å². The first-order valence-corrected chi connectivity index (χ1v) is 10.2. The van der Waals surface area contributed by atoms with Gasteiger partial charge in [0.05, 0.1) is 23.9 Å². The van der Waals surface area contributed by atoms with E-state index in [4.69, 9.17) is 0 Å². The summed E-state index contributed by atoms with van der Waals surface area (Å²) in [5.74, 6) is 1.16. The maximum absolute atomic E-state index is 12.6. The van der Waals surface area contributed by atoms with Crippen LogP contribution in [0, 0.1) is 5.92 Å². The van der Waals surface area contributed by atoms with Gasteiger partial charge in [-0.1, -0.05) is 13.8 Å². The summed E-state index contributed by atoms with van der Waals surface area (Å²) in [5, 5.41) is 3.17. The Morgan fingerprint density at radius 1 is 1.38 bits per heavy atom. The molecule has 134 valence electrons. The van der Waals surface area contributed by atoms with E-state index >= 15 is 0 Å². The summed E-state index contributed by atoms with van der Waals surface area (Å²) >= 11 is 0. The lowest BCUT2D eigenvalue weighted by atomic mass is 10.1. The lowest BCUT2D eigenvalue weighted by Gasteiger charge is -2.26. The first kappa shape index (κ1) is 18.6. The van der Waals surface area contributed by atoms with E-state index < -0.39 is 9.84 Å². The second-order valence-corrected chi connectivity index (χ2v) is 8.77. The molecule has 1 aromatic heterocycles. The van der Waals surface area contributed by atoms with Gasteiger partial charge in [0.25, 0.3) is 5.91 Å². The Hall–Kier alpha value is -1.70. The molecule has 1 N–H and O–H groups in total. The monoisotopic (exact) mass is 354 g/mol. The van der Waals surface area contributed by atoms with E-state index in [-0.39, 0.29) is 29.1 Å². The van der Waals surface area contributed by atoms with Crippen LogP contribution in [0.15, 0.2) is 12.4 Å². The standard InChI is InChI=1S/C16H26N4O3S/c1-4-20(13-6-8-24(22,23)11-13)16(21)14-9-19-15(10-18-14)17-7-5-12(2)3/h9-10,12-13H,4-8,11H2,1-3H3,(H,17,19). The van der Waals surface area contributed by atoms with Crippen molar-refractivity contribution in [2.24, 2.45) is 5.92 Å². The fourth-order valence-corrected chi connectivity index (χ4v) is 4.49. The molecule has 1 aliphatic heterocycles. The number of hydrogen-bond donors (Lipinski definition) is 1. The summed E-state index contributed by atoms with van der Waals surface area (Å²) in [6.07, 6.45) is 4.52. The Morgan fingerprint density at radius 3 is 2.62 bits per heavy atom. The molecule has 0 aliphatic carbocycles. The number of sulfone groups is 1. The molecule has 8 heteroatoms. The fraction of sp³-hybridized carbons (Fsp3) is 0.688. The Bertz CT molecular complexity index is 658. The van der Waals surface area contributed by atoms with Crippen molar-refractivity contribution in [2.75, 3.05) is 29.9 Å². The van der Waals surface area contributed by atoms with Crippen LogP contribution in [0.3, 0.4) is 0 Å². The Morgan fingerprint density at radius 2 is 2.12 bits per heavy atom. The molecule has 0 radical (unpaired) electrons. The van der Waals surface area contributed by atoms with E-state index in [9.17, 15) is 13.2 Å². The summed E-state index contributed by atoms with van der Waals surface area (Å²) in [6, 6.07) is -0.266. The number of aromatic nitrogens is 2. The molecule has 0 aromatic carbocycles. The highest BCUT2D eigenvalue weighted by molar-refractivity contribution is 7.91. The molecule has 1 atom stereocenters. The Labute approximate surface area is 143 Å². The van der Waals surface area contributed by atoms with Crippen LogP contribution >= 0.6 is 0 Å². The van der Waals surface area contributed by atoms with Gasteiger partial charge in [0.1, 0.15) is 11.5 Å². The van der Waals surface area contributed by atoms with Crippen LogP contribution in [-0.2, 0) is 9.84 Å². The first-order valence-electron chi connectivity index (χ1n) is 8.39. The number of carbonyl (C=O) groups excluding carboxylic acids is 1. The summed E-state index contributed by atoms with van der Waals surface area (Å²) in [4.78, 5) is 22.6. The van der Waals surface area contributed by atoms with Crippen molar-refractivity contribution in [3.8, 4) is 0 Å². The topological polar surface area (TPSA) is 92.3 Å². The minimum Gasteiger partial charge on any atom is -0.369 e. The fourth-order valence-electron chi connectivity index (χ4n) is 2.75. The second kappa shape index (κ2) is 7.92. The Balaban J connectivity index is 2.00. The first-order chi connectivity index (χ1) is 11.3. The van der Waals surface area contributed by atoms with Gasteiger partial charge in [0.15, 0.2) is 9.84 Å². The third-order valence-corrected chi connectivity index (χ3v) is 5.90. The molecule has 7 nitrogen and oxygen atoms in total. The van der Waals surface area contributed by atoms with Crippen LogP contribution in [0.2, 0.25) is 0 Å². The van der Waals surface area contributed by atoms with Crippen molar-refractivity contribution in [3.63, 3.8) is 0 Å². The van der Waals surface area contributed by atoms with Crippen molar-refractivity contribution >= 4 is 21.6 Å². The molecule has 2 rings (SSSR count). The Kier molecular flexibility index (Phi) is 6.15. The SMILES string of the molecule is CCN(C(=O)c1cnc(NCCC(C)C)cn1)C1CCS(=O)(=O)C1. The summed E-state index contributed by atoms with van der Waals surface area (Å²) in [7, 11) is -3.03. The molecule has 1 saturated heterocycles. The van der Waals surface area contributed by atoms with Crippen LogP contribution < -0.4 is 5.32 Å². The highest BCUT2D eigenvalue weighted by atomic mass is 32.2. The van der Waals surface area contributed by atoms with Gasteiger partial charge in [-0.25, -0.2) is 18.4 Å². The summed E-state index contributed by atoms with van der Waals surface area (Å²) < 4.78 is 23.3. The van der Waals surface area contributed by atoms with Gasteiger partial charge in [-0.15, -0.1) is 0 Å². The van der Waals surface area contributed by atoms with E-state index in [1.54, 1.807) is 11.1 Å². The highest BCUT2D eigenvalue weighted by Crippen LogP contribution is 2.19. The zero-order valence-electron chi connectivity index (χ0n) is 14.5. The lowest BCUT2D eigenvalue weighted by molar-refractivity contribution is 0.0702. The smallest absolute Gasteiger partial charge is 0.274 e. The van der Waals surface area contributed by atoms with Crippen LogP contribution in [0.1, 0.15) is 44.1 Å². The van der Waals surface area contributed by atoms with Crippen LogP contribution in [0.5, 0.6) is 0 Å². The number of rotatable bonds is 7. The van der Waals surface area contributed by atoms with E-state index in [0.29, 0.717) is 24.7 Å². The van der Waals surface area contributed by atoms with E-state index in [1.165, 1.54) is 6.20 Å². The van der Waals surface area contributed by atoms with Crippen molar-refractivity contribution < 1.29 is 13.2 Å². The minimum atomic E-state index is -3.03. The van der Waals surface area contributed by atoms with Gasteiger partial charge < -0.3 is 10.2 Å². The molecule has 1 aromatic rings. The molecular weight excluding hydrogens is 328 g/mol. The molecule has 1 amide bonds. The second-order valence-electron chi connectivity index (χ2n) is 6.54. The molecule has 0 spiro atoms. The predicted molar refractivity (Wildman–Crippen MR) is 93.7 cm³/mol. The zero-order chi connectivity index (χ0) is 17.7. The van der Waals surface area contributed by atoms with Crippen molar-refractivity contribution in [1.29, 1.82) is 0 Å². The minimum absolute atomic E-state index is 0.0366. The molecule has 1 fully saturated rings. The van der Waals surface area contributed by atoms with E-state index in [0.717, 1.165) is 13.0 Å². The average Bonchev–Trinajstić information content (AvgIpc) is 2.88. The molecule has 0 bridgehead atoms. The maximum Gasteiger partial charge on any atom is 0.274 e. The molecule has 2 heterocycles. The third-order valence-electron chi connectivity index (χ3n) is 4.15. The molecule has 1 unspecified atom stereocenters. The normalized spacial score (nSPS) is 19.4. The van der Waals surface area contributed by atoms with Crippen molar-refractivity contribution in [3.05, 3.63) is 18.1 Å².